The van der Waals surface area contributed by atoms with Gasteiger partial charge in [-0.3, -0.25) is 4.79 Å². The zero-order valence-electron chi connectivity index (χ0n) is 17.5. The third kappa shape index (κ3) is 4.98. The van der Waals surface area contributed by atoms with Crippen molar-refractivity contribution in [3.63, 3.8) is 0 Å². The molecule has 1 fully saturated rings. The number of halogens is 2. The molecule has 0 bridgehead atoms. The molecule has 2 unspecified atom stereocenters. The Morgan fingerprint density at radius 1 is 1.34 bits per heavy atom. The molecule has 0 aliphatic carbocycles. The number of benzene rings is 1. The van der Waals surface area contributed by atoms with Crippen LogP contribution >= 0.6 is 11.6 Å². The highest BCUT2D eigenvalue weighted by Gasteiger charge is 2.20. The standard InChI is InChI=1S/C23H24ClFN4O3/c1-14-10-17(6-9-32-14)27-23-26-7-4-20(28-23)15-5-8-29(22(31)12-15)21(13-30)16-2-3-18(24)19(25)11-16/h2-5,7-8,11-12,14,17,21,30H,6,9-10,13H2,1H3,(H,26,27,28)/t14?,17?,21-/m1/s1. The van der Waals surface area contributed by atoms with Crippen molar-refractivity contribution < 1.29 is 14.2 Å². The van der Waals surface area contributed by atoms with Gasteiger partial charge < -0.3 is 19.7 Å². The molecule has 2 N–H and O–H groups in total. The third-order valence-corrected chi connectivity index (χ3v) is 5.86. The number of hydrogen-bond acceptors (Lipinski definition) is 6. The summed E-state index contributed by atoms with van der Waals surface area (Å²) in [7, 11) is 0. The Hall–Kier alpha value is -2.81. The molecule has 1 aromatic carbocycles. The van der Waals surface area contributed by atoms with E-state index in [1.807, 2.05) is 6.92 Å². The molecule has 0 radical (unpaired) electrons. The number of pyridine rings is 1. The van der Waals surface area contributed by atoms with Gasteiger partial charge in [0.2, 0.25) is 5.95 Å². The summed E-state index contributed by atoms with van der Waals surface area (Å²) in [4.78, 5) is 21.7. The Morgan fingerprint density at radius 3 is 2.91 bits per heavy atom. The third-order valence-electron chi connectivity index (χ3n) is 5.55. The minimum Gasteiger partial charge on any atom is -0.394 e. The summed E-state index contributed by atoms with van der Waals surface area (Å²) in [5, 5.41) is 13.2. The molecule has 32 heavy (non-hydrogen) atoms. The summed E-state index contributed by atoms with van der Waals surface area (Å²) < 4.78 is 20.8. The van der Waals surface area contributed by atoms with Crippen LogP contribution in [0.1, 0.15) is 31.4 Å². The highest BCUT2D eigenvalue weighted by Crippen LogP contribution is 2.24. The number of aliphatic hydroxyl groups is 1. The maximum Gasteiger partial charge on any atom is 0.251 e. The number of ether oxygens (including phenoxy) is 1. The van der Waals surface area contributed by atoms with Gasteiger partial charge in [0.1, 0.15) is 5.82 Å². The van der Waals surface area contributed by atoms with Crippen molar-refractivity contribution >= 4 is 17.5 Å². The fraction of sp³-hybridized carbons (Fsp3) is 0.348. The SMILES string of the molecule is CC1CC(Nc2nccc(-c3ccn([C@H](CO)c4ccc(Cl)c(F)c4)c(=O)c3)n2)CCO1. The van der Waals surface area contributed by atoms with Crippen LogP contribution in [0.15, 0.2) is 53.6 Å². The molecule has 9 heteroatoms. The zero-order chi connectivity index (χ0) is 22.7. The van der Waals surface area contributed by atoms with E-state index in [1.165, 1.54) is 22.8 Å². The molecule has 0 amide bonds. The average molecular weight is 459 g/mol. The molecule has 3 atom stereocenters. The van der Waals surface area contributed by atoms with Crippen molar-refractivity contribution in [2.24, 2.45) is 0 Å². The van der Waals surface area contributed by atoms with Gasteiger partial charge in [-0.2, -0.15) is 0 Å². The quantitative estimate of drug-likeness (QED) is 0.586. The Kier molecular flexibility index (Phi) is 6.83. The first-order valence-electron chi connectivity index (χ1n) is 10.4. The lowest BCUT2D eigenvalue weighted by atomic mass is 10.0. The van der Waals surface area contributed by atoms with E-state index in [0.717, 1.165) is 12.8 Å². The normalized spacial score (nSPS) is 19.5. The number of hydrogen-bond donors (Lipinski definition) is 2. The van der Waals surface area contributed by atoms with Crippen molar-refractivity contribution in [2.75, 3.05) is 18.5 Å². The summed E-state index contributed by atoms with van der Waals surface area (Å²) in [5.41, 5.74) is 1.33. The molecule has 0 saturated carbocycles. The topological polar surface area (TPSA) is 89.3 Å². The fourth-order valence-corrected chi connectivity index (χ4v) is 4.00. The second-order valence-electron chi connectivity index (χ2n) is 7.85. The van der Waals surface area contributed by atoms with Gasteiger partial charge in [0.25, 0.3) is 5.56 Å². The van der Waals surface area contributed by atoms with Crippen molar-refractivity contribution in [3.8, 4) is 11.3 Å². The van der Waals surface area contributed by atoms with Gasteiger partial charge >= 0.3 is 0 Å². The largest absolute Gasteiger partial charge is 0.394 e. The van der Waals surface area contributed by atoms with Crippen molar-refractivity contribution in [1.82, 2.24) is 14.5 Å². The summed E-state index contributed by atoms with van der Waals surface area (Å²) in [5.74, 6) is -0.108. The predicted molar refractivity (Wildman–Crippen MR) is 120 cm³/mol. The Bertz CT molecular complexity index is 1160. The first-order chi connectivity index (χ1) is 15.4. The van der Waals surface area contributed by atoms with Gasteiger partial charge in [-0.05, 0) is 49.6 Å². The molecule has 2 aromatic heterocycles. The number of nitrogens with one attached hydrogen (secondary N) is 1. The minimum atomic E-state index is -0.735. The molecule has 0 spiro atoms. The van der Waals surface area contributed by atoms with Gasteiger partial charge in [0.05, 0.1) is 29.5 Å². The summed E-state index contributed by atoms with van der Waals surface area (Å²) in [6.45, 7) is 2.36. The first kappa shape index (κ1) is 22.4. The first-order valence-corrected chi connectivity index (χ1v) is 10.8. The van der Waals surface area contributed by atoms with E-state index in [1.54, 1.807) is 30.6 Å². The van der Waals surface area contributed by atoms with E-state index < -0.39 is 11.9 Å². The number of rotatable bonds is 6. The van der Waals surface area contributed by atoms with Crippen LogP contribution < -0.4 is 10.9 Å². The second-order valence-corrected chi connectivity index (χ2v) is 8.25. The van der Waals surface area contributed by atoms with Gasteiger partial charge in [-0.25, -0.2) is 14.4 Å². The van der Waals surface area contributed by atoms with Gasteiger partial charge in [0, 0.05) is 36.7 Å². The maximum atomic E-state index is 13.9. The van der Waals surface area contributed by atoms with Crippen LogP contribution in [0.5, 0.6) is 0 Å². The smallest absolute Gasteiger partial charge is 0.251 e. The summed E-state index contributed by atoms with van der Waals surface area (Å²) >= 11 is 5.75. The lowest BCUT2D eigenvalue weighted by Crippen LogP contribution is -2.33. The van der Waals surface area contributed by atoms with Crippen LogP contribution in [0.25, 0.3) is 11.3 Å². The average Bonchev–Trinajstić information content (AvgIpc) is 2.78. The number of anilines is 1. The molecule has 3 aromatic rings. The van der Waals surface area contributed by atoms with Crippen LogP contribution in [0.4, 0.5) is 10.3 Å². The van der Waals surface area contributed by atoms with E-state index in [4.69, 9.17) is 16.3 Å². The van der Waals surface area contributed by atoms with E-state index >= 15 is 0 Å². The number of aliphatic hydroxyl groups excluding tert-OH is 1. The fourth-order valence-electron chi connectivity index (χ4n) is 3.88. The summed E-state index contributed by atoms with van der Waals surface area (Å²) in [6, 6.07) is 8.62. The zero-order valence-corrected chi connectivity index (χ0v) is 18.3. The van der Waals surface area contributed by atoms with E-state index in [9.17, 15) is 14.3 Å². The van der Waals surface area contributed by atoms with E-state index in [0.29, 0.717) is 29.4 Å². The van der Waals surface area contributed by atoms with Crippen LogP contribution in [-0.2, 0) is 4.74 Å². The highest BCUT2D eigenvalue weighted by atomic mass is 35.5. The summed E-state index contributed by atoms with van der Waals surface area (Å²) in [6.07, 6.45) is 5.15. The van der Waals surface area contributed by atoms with E-state index in [2.05, 4.69) is 15.3 Å². The molecule has 1 saturated heterocycles. The Morgan fingerprint density at radius 2 is 2.19 bits per heavy atom. The van der Waals surface area contributed by atoms with Gasteiger partial charge in [-0.1, -0.05) is 17.7 Å². The van der Waals surface area contributed by atoms with Crippen LogP contribution in [0.3, 0.4) is 0 Å². The predicted octanol–water partition coefficient (Wildman–Crippen LogP) is 3.66. The lowest BCUT2D eigenvalue weighted by Gasteiger charge is -2.27. The van der Waals surface area contributed by atoms with Crippen molar-refractivity contribution in [1.29, 1.82) is 0 Å². The molecule has 4 rings (SSSR count). The van der Waals surface area contributed by atoms with Gasteiger partial charge in [0.15, 0.2) is 0 Å². The highest BCUT2D eigenvalue weighted by molar-refractivity contribution is 6.30. The molecule has 168 valence electrons. The molecule has 1 aliphatic rings. The van der Waals surface area contributed by atoms with Crippen molar-refractivity contribution in [2.45, 2.75) is 38.0 Å². The molecular weight excluding hydrogens is 435 g/mol. The second kappa shape index (κ2) is 9.77. The molecule has 1 aliphatic heterocycles. The number of aromatic nitrogens is 3. The van der Waals surface area contributed by atoms with E-state index in [-0.39, 0.29) is 29.3 Å². The maximum absolute atomic E-state index is 13.9. The molecule has 7 nitrogen and oxygen atoms in total. The van der Waals surface area contributed by atoms with Crippen LogP contribution in [0.2, 0.25) is 5.02 Å². The molecular formula is C23H24ClFN4O3. The lowest BCUT2D eigenvalue weighted by molar-refractivity contribution is 0.0231. The number of nitrogens with zero attached hydrogens (tertiary/aromatic N) is 3. The van der Waals surface area contributed by atoms with Gasteiger partial charge in [-0.15, -0.1) is 0 Å². The molecule has 3 heterocycles. The Balaban J connectivity index is 1.57. The monoisotopic (exact) mass is 458 g/mol. The minimum absolute atomic E-state index is 0.0171. The Labute approximate surface area is 189 Å². The van der Waals surface area contributed by atoms with Crippen LogP contribution in [0, 0.1) is 5.82 Å². The van der Waals surface area contributed by atoms with Crippen LogP contribution in [-0.4, -0.2) is 45.0 Å². The van der Waals surface area contributed by atoms with Crippen molar-refractivity contribution in [3.05, 3.63) is 75.5 Å².